The number of aryl methyl sites for hydroxylation is 1. The van der Waals surface area contributed by atoms with Gasteiger partial charge in [-0.1, -0.05) is 11.8 Å². The molecule has 1 unspecified atom stereocenters. The van der Waals surface area contributed by atoms with Gasteiger partial charge in [0.15, 0.2) is 5.82 Å². The van der Waals surface area contributed by atoms with Crippen molar-refractivity contribution in [1.82, 2.24) is 14.5 Å². The molecule has 0 amide bonds. The first-order valence-corrected chi connectivity index (χ1v) is 14.0. The molecule has 0 aliphatic heterocycles. The Bertz CT molecular complexity index is 1490. The topological polar surface area (TPSA) is 83.6 Å². The van der Waals surface area contributed by atoms with Crippen LogP contribution in [-0.4, -0.2) is 26.8 Å². The van der Waals surface area contributed by atoms with Crippen LogP contribution in [0, 0.1) is 40.8 Å². The van der Waals surface area contributed by atoms with Gasteiger partial charge in [-0.2, -0.15) is 5.26 Å². The number of fused-ring (bicyclic) bond motifs is 2. The lowest BCUT2D eigenvalue weighted by Gasteiger charge is -2.37. The summed E-state index contributed by atoms with van der Waals surface area (Å²) in [6.45, 7) is 1.86. The summed E-state index contributed by atoms with van der Waals surface area (Å²) in [5.74, 6) is 7.30. The Balaban J connectivity index is 1.69. The van der Waals surface area contributed by atoms with Crippen LogP contribution in [0.15, 0.2) is 39.0 Å². The van der Waals surface area contributed by atoms with Crippen molar-refractivity contribution in [2.75, 3.05) is 11.6 Å². The molecular formula is C27H25BrFN5OS. The number of benzene rings is 1. The minimum Gasteiger partial charge on any atom is -0.380 e. The molecule has 4 atom stereocenters. The Morgan fingerprint density at radius 1 is 1.39 bits per heavy atom. The smallest absolute Gasteiger partial charge is 0.270 e. The fourth-order valence-electron chi connectivity index (χ4n) is 5.37. The van der Waals surface area contributed by atoms with E-state index in [9.17, 15) is 4.79 Å². The van der Waals surface area contributed by atoms with E-state index >= 15 is 4.39 Å². The van der Waals surface area contributed by atoms with Gasteiger partial charge in [-0.3, -0.25) is 14.3 Å². The first-order chi connectivity index (χ1) is 17.4. The Labute approximate surface area is 221 Å². The average molecular weight is 567 g/mol. The van der Waals surface area contributed by atoms with Crippen molar-refractivity contribution in [1.29, 1.82) is 5.26 Å². The summed E-state index contributed by atoms with van der Waals surface area (Å²) in [6.07, 6.45) is 10.7. The Kier molecular flexibility index (Phi) is 7.05. The molecule has 3 aliphatic carbocycles. The van der Waals surface area contributed by atoms with Crippen molar-refractivity contribution in [2.24, 2.45) is 11.8 Å². The largest absolute Gasteiger partial charge is 0.380 e. The van der Waals surface area contributed by atoms with E-state index in [1.165, 1.54) is 41.8 Å². The fraction of sp³-hybridized carbons (Fsp3) is 0.407. The van der Waals surface area contributed by atoms with Crippen LogP contribution in [0.2, 0.25) is 0 Å². The van der Waals surface area contributed by atoms with Gasteiger partial charge in [-0.15, -0.1) is 11.8 Å². The summed E-state index contributed by atoms with van der Waals surface area (Å²) in [7, 11) is 0. The van der Waals surface area contributed by atoms with Crippen LogP contribution in [0.5, 0.6) is 0 Å². The van der Waals surface area contributed by atoms with Crippen molar-refractivity contribution in [3.8, 4) is 17.9 Å². The lowest BCUT2D eigenvalue weighted by Crippen LogP contribution is -2.40. The van der Waals surface area contributed by atoms with Crippen molar-refractivity contribution >= 4 is 44.3 Å². The molecule has 9 heteroatoms. The molecule has 36 heavy (non-hydrogen) atoms. The number of aromatic nitrogens is 3. The first kappa shape index (κ1) is 24.8. The molecule has 2 aromatic heterocycles. The molecule has 6 nitrogen and oxygen atoms in total. The van der Waals surface area contributed by atoms with Gasteiger partial charge in [-0.25, -0.2) is 9.37 Å². The molecule has 3 aromatic rings. The second-order valence-electron chi connectivity index (χ2n) is 9.36. The van der Waals surface area contributed by atoms with Gasteiger partial charge in [-0.05, 0) is 78.3 Å². The van der Waals surface area contributed by atoms with Crippen molar-refractivity contribution in [3.05, 3.63) is 56.4 Å². The molecule has 184 valence electrons. The summed E-state index contributed by atoms with van der Waals surface area (Å²) >= 11 is 4.81. The zero-order valence-electron chi connectivity index (χ0n) is 20.0. The van der Waals surface area contributed by atoms with E-state index in [2.05, 4.69) is 49.1 Å². The third kappa shape index (κ3) is 4.40. The molecule has 2 heterocycles. The van der Waals surface area contributed by atoms with Crippen LogP contribution in [0.25, 0.3) is 10.9 Å². The highest BCUT2D eigenvalue weighted by Gasteiger charge is 2.47. The van der Waals surface area contributed by atoms with Gasteiger partial charge in [0, 0.05) is 30.2 Å². The minimum absolute atomic E-state index is 0.223. The minimum atomic E-state index is -0.424. The van der Waals surface area contributed by atoms with Gasteiger partial charge in [0.1, 0.15) is 10.5 Å². The van der Waals surface area contributed by atoms with Crippen molar-refractivity contribution in [2.45, 2.75) is 56.1 Å². The Morgan fingerprint density at radius 3 is 2.83 bits per heavy atom. The number of nitrogens with one attached hydrogen (secondary N) is 1. The van der Waals surface area contributed by atoms with Gasteiger partial charge in [0.05, 0.1) is 34.0 Å². The van der Waals surface area contributed by atoms with E-state index in [0.717, 1.165) is 11.3 Å². The zero-order chi connectivity index (χ0) is 25.4. The normalized spacial score (nSPS) is 20.8. The molecule has 3 aliphatic rings. The zero-order valence-corrected chi connectivity index (χ0v) is 22.4. The van der Waals surface area contributed by atoms with Crippen molar-refractivity contribution in [3.63, 3.8) is 0 Å². The lowest BCUT2D eigenvalue weighted by molar-refractivity contribution is 0.263. The molecule has 0 saturated heterocycles. The highest BCUT2D eigenvalue weighted by atomic mass is 79.9. The van der Waals surface area contributed by atoms with Gasteiger partial charge >= 0.3 is 0 Å². The SMILES string of the molecule is CSc1nc2c(F)c(Br)c(CCC#N)cc2c(NC2[C@@H]3CC[C@H]2C3)c1C#C[C@@H](C)n1ccncc1=O. The Hall–Kier alpha value is -2.88. The van der Waals surface area contributed by atoms with E-state index in [1.54, 1.807) is 12.4 Å². The molecule has 6 rings (SSSR count). The van der Waals surface area contributed by atoms with E-state index in [0.29, 0.717) is 51.2 Å². The molecule has 2 bridgehead atoms. The number of nitriles is 1. The average Bonchev–Trinajstić information content (AvgIpc) is 3.52. The van der Waals surface area contributed by atoms with E-state index in [-0.39, 0.29) is 17.1 Å². The maximum absolute atomic E-state index is 15.6. The van der Waals surface area contributed by atoms with Crippen LogP contribution in [0.4, 0.5) is 10.1 Å². The predicted octanol–water partition coefficient (Wildman–Crippen LogP) is 5.69. The molecule has 3 fully saturated rings. The van der Waals surface area contributed by atoms with Crippen LogP contribution in [-0.2, 0) is 6.42 Å². The van der Waals surface area contributed by atoms with Gasteiger partial charge in [0.25, 0.3) is 5.56 Å². The summed E-state index contributed by atoms with van der Waals surface area (Å²) < 4.78 is 17.5. The number of nitrogens with zero attached hydrogens (tertiary/aromatic N) is 4. The summed E-state index contributed by atoms with van der Waals surface area (Å²) in [5.41, 5.74) is 2.29. The summed E-state index contributed by atoms with van der Waals surface area (Å²) in [5, 5.41) is 14.1. The maximum Gasteiger partial charge on any atom is 0.270 e. The quantitative estimate of drug-likeness (QED) is 0.305. The second-order valence-corrected chi connectivity index (χ2v) is 10.9. The van der Waals surface area contributed by atoms with E-state index < -0.39 is 5.82 Å². The van der Waals surface area contributed by atoms with E-state index in [1.807, 2.05) is 19.2 Å². The maximum atomic E-state index is 15.6. The highest BCUT2D eigenvalue weighted by molar-refractivity contribution is 9.10. The molecule has 0 spiro atoms. The number of anilines is 1. The van der Waals surface area contributed by atoms with Gasteiger partial charge in [0.2, 0.25) is 0 Å². The van der Waals surface area contributed by atoms with Crippen LogP contribution in [0.3, 0.4) is 0 Å². The lowest BCUT2D eigenvalue weighted by atomic mass is 9.78. The Morgan fingerprint density at radius 2 is 2.17 bits per heavy atom. The molecule has 0 radical (unpaired) electrons. The third-order valence-corrected chi connectivity index (χ3v) is 8.86. The van der Waals surface area contributed by atoms with Crippen molar-refractivity contribution < 1.29 is 4.39 Å². The summed E-state index contributed by atoms with van der Waals surface area (Å²) in [6, 6.07) is 4.03. The van der Waals surface area contributed by atoms with Gasteiger partial charge < -0.3 is 5.32 Å². The molecular weight excluding hydrogens is 541 g/mol. The number of hydrogen-bond donors (Lipinski definition) is 1. The number of hydrogen-bond acceptors (Lipinski definition) is 6. The number of pyridine rings is 1. The third-order valence-electron chi connectivity index (χ3n) is 7.32. The molecule has 1 N–H and O–H groups in total. The number of thioether (sulfide) groups is 1. The van der Waals surface area contributed by atoms with E-state index in [4.69, 9.17) is 5.26 Å². The summed E-state index contributed by atoms with van der Waals surface area (Å²) in [4.78, 5) is 20.8. The number of halogens is 2. The van der Waals surface area contributed by atoms with Crippen LogP contribution < -0.4 is 10.9 Å². The van der Waals surface area contributed by atoms with Crippen LogP contribution in [0.1, 0.15) is 49.8 Å². The monoisotopic (exact) mass is 565 g/mol. The first-order valence-electron chi connectivity index (χ1n) is 12.0. The molecule has 1 aromatic carbocycles. The highest BCUT2D eigenvalue weighted by Crippen LogP contribution is 2.51. The standard InChI is InChI=1S/C27H25BrFN5OS/c1-15(34-11-10-31-14-21(34)35)5-8-19-25(32-24-17-6-7-18(24)12-17)20-13-16(4-3-9-30)22(28)23(29)26(20)33-27(19)36-2/h10-11,13-15,17-18,24H,3-4,6-7,12H2,1-2H3,(H,32,33)/t15-,17-,18+,24?/m1/s1. The fourth-order valence-corrected chi connectivity index (χ4v) is 6.41. The van der Waals surface area contributed by atoms with Crippen LogP contribution >= 0.6 is 27.7 Å². The number of rotatable bonds is 6. The molecule has 3 saturated carbocycles. The second kappa shape index (κ2) is 10.2. The predicted molar refractivity (Wildman–Crippen MR) is 143 cm³/mol.